The number of nitrogens with zero attached hydrogens (tertiary/aromatic N) is 4. The first-order valence-corrected chi connectivity index (χ1v) is 5.71. The molecule has 1 aromatic heterocycles. The van der Waals surface area contributed by atoms with Gasteiger partial charge in [-0.15, -0.1) is 5.10 Å². The monoisotopic (exact) mass is 239 g/mol. The predicted octanol–water partition coefficient (Wildman–Crippen LogP) is -0.524. The molecule has 1 aromatic rings. The smallest absolute Gasteiger partial charge is 0.224 e. The minimum absolute atomic E-state index is 0.163. The van der Waals surface area contributed by atoms with Crippen LogP contribution >= 0.6 is 0 Å². The fourth-order valence-corrected chi connectivity index (χ4v) is 1.72. The zero-order valence-electron chi connectivity index (χ0n) is 9.93. The maximum absolute atomic E-state index is 11.8. The molecule has 0 spiro atoms. The molecule has 1 aliphatic rings. The maximum Gasteiger partial charge on any atom is 0.224 e. The van der Waals surface area contributed by atoms with Crippen LogP contribution in [-0.2, 0) is 16.6 Å². The van der Waals surface area contributed by atoms with E-state index >= 15 is 0 Å². The van der Waals surface area contributed by atoms with Gasteiger partial charge in [0.15, 0.2) is 0 Å². The number of nitrogens with one attached hydrogen (secondary N) is 1. The summed E-state index contributed by atoms with van der Waals surface area (Å²) in [7, 11) is 1.80. The van der Waals surface area contributed by atoms with Gasteiger partial charge in [-0.3, -0.25) is 4.79 Å². The summed E-state index contributed by atoms with van der Waals surface area (Å²) < 4.78 is 6.84. The Bertz CT molecular complexity index is 373. The summed E-state index contributed by atoms with van der Waals surface area (Å²) in [5.41, 5.74) is 0. The molecule has 1 N–H and O–H groups in total. The third-order valence-electron chi connectivity index (χ3n) is 2.72. The number of aryl methyl sites for hydroxylation is 1. The third-order valence-corrected chi connectivity index (χ3v) is 2.72. The van der Waals surface area contributed by atoms with Gasteiger partial charge in [-0.1, -0.05) is 5.21 Å². The number of carbonyl (C=O) groups excluding carboxylic acids is 1. The molecule has 2 heterocycles. The number of hydrogen-bond donors (Lipinski definition) is 1. The first kappa shape index (κ1) is 11.8. The second-order valence-electron chi connectivity index (χ2n) is 3.91. The summed E-state index contributed by atoms with van der Waals surface area (Å²) in [6.45, 7) is 3.28. The Morgan fingerprint density at radius 1 is 1.53 bits per heavy atom. The topological polar surface area (TPSA) is 72.3 Å². The molecule has 1 fully saturated rings. The molecular weight excluding hydrogens is 222 g/mol. The summed E-state index contributed by atoms with van der Waals surface area (Å²) in [5.74, 6) is 0.982. The van der Waals surface area contributed by atoms with Crippen molar-refractivity contribution in [2.24, 2.45) is 7.05 Å². The lowest BCUT2D eigenvalue weighted by atomic mass is 10.3. The van der Waals surface area contributed by atoms with Crippen LogP contribution in [0.3, 0.4) is 0 Å². The van der Waals surface area contributed by atoms with E-state index in [1.807, 2.05) is 4.90 Å². The van der Waals surface area contributed by atoms with E-state index in [4.69, 9.17) is 4.74 Å². The molecule has 0 aliphatic carbocycles. The maximum atomic E-state index is 11.8. The molecule has 1 amide bonds. The summed E-state index contributed by atoms with van der Waals surface area (Å²) in [5, 5.41) is 10.7. The fraction of sp³-hybridized carbons (Fsp3) is 0.700. The average Bonchev–Trinajstić information content (AvgIpc) is 2.76. The lowest BCUT2D eigenvalue weighted by Crippen LogP contribution is -2.41. The highest BCUT2D eigenvalue weighted by atomic mass is 16.5. The highest BCUT2D eigenvalue weighted by molar-refractivity contribution is 5.76. The van der Waals surface area contributed by atoms with Gasteiger partial charge in [0.25, 0.3) is 0 Å². The van der Waals surface area contributed by atoms with E-state index in [1.54, 1.807) is 17.9 Å². The Hall–Kier alpha value is -1.63. The highest BCUT2D eigenvalue weighted by Crippen LogP contribution is 2.03. The van der Waals surface area contributed by atoms with Crippen molar-refractivity contribution >= 4 is 11.7 Å². The fourth-order valence-electron chi connectivity index (χ4n) is 1.72. The quantitative estimate of drug-likeness (QED) is 0.765. The van der Waals surface area contributed by atoms with Crippen molar-refractivity contribution < 1.29 is 9.53 Å². The summed E-state index contributed by atoms with van der Waals surface area (Å²) in [4.78, 5) is 13.6. The molecule has 94 valence electrons. The van der Waals surface area contributed by atoms with Crippen molar-refractivity contribution in [3.8, 4) is 0 Å². The first-order chi connectivity index (χ1) is 8.27. The van der Waals surface area contributed by atoms with E-state index in [0.717, 1.165) is 5.82 Å². The molecule has 7 nitrogen and oxygen atoms in total. The van der Waals surface area contributed by atoms with Crippen molar-refractivity contribution in [2.45, 2.75) is 6.42 Å². The summed E-state index contributed by atoms with van der Waals surface area (Å²) in [6, 6.07) is 0. The van der Waals surface area contributed by atoms with Crippen LogP contribution in [0.25, 0.3) is 0 Å². The van der Waals surface area contributed by atoms with E-state index in [-0.39, 0.29) is 5.91 Å². The number of rotatable bonds is 4. The van der Waals surface area contributed by atoms with Crippen molar-refractivity contribution in [2.75, 3.05) is 38.2 Å². The van der Waals surface area contributed by atoms with E-state index in [9.17, 15) is 4.79 Å². The molecule has 17 heavy (non-hydrogen) atoms. The lowest BCUT2D eigenvalue weighted by molar-refractivity contribution is -0.134. The number of hydrogen-bond acceptors (Lipinski definition) is 5. The van der Waals surface area contributed by atoms with E-state index in [1.165, 1.54) is 0 Å². The number of anilines is 1. The number of morpholine rings is 1. The van der Waals surface area contributed by atoms with Crippen LogP contribution in [0.2, 0.25) is 0 Å². The standard InChI is InChI=1S/C10H17N5O2/c1-14-9(8-12-13-14)11-3-2-10(16)15-4-6-17-7-5-15/h8,11H,2-7H2,1H3. The minimum atomic E-state index is 0.163. The minimum Gasteiger partial charge on any atom is -0.378 e. The van der Waals surface area contributed by atoms with Crippen LogP contribution in [0.1, 0.15) is 6.42 Å². The Kier molecular flexibility index (Phi) is 3.92. The van der Waals surface area contributed by atoms with Crippen LogP contribution in [0.5, 0.6) is 0 Å². The van der Waals surface area contributed by atoms with Crippen LogP contribution < -0.4 is 5.32 Å². The summed E-state index contributed by atoms with van der Waals surface area (Å²) in [6.07, 6.45) is 2.12. The number of amides is 1. The molecular formula is C10H17N5O2. The van der Waals surface area contributed by atoms with Gasteiger partial charge in [-0.2, -0.15) is 0 Å². The Labute approximate surface area is 99.7 Å². The largest absolute Gasteiger partial charge is 0.378 e. The molecule has 0 radical (unpaired) electrons. The molecule has 0 bridgehead atoms. The molecule has 0 saturated carbocycles. The van der Waals surface area contributed by atoms with Gasteiger partial charge >= 0.3 is 0 Å². The Morgan fingerprint density at radius 3 is 2.94 bits per heavy atom. The second kappa shape index (κ2) is 5.62. The third kappa shape index (κ3) is 3.16. The van der Waals surface area contributed by atoms with Gasteiger partial charge in [0, 0.05) is 33.1 Å². The van der Waals surface area contributed by atoms with Gasteiger partial charge in [-0.25, -0.2) is 4.68 Å². The lowest BCUT2D eigenvalue weighted by Gasteiger charge is -2.26. The molecule has 0 aromatic carbocycles. The zero-order valence-corrected chi connectivity index (χ0v) is 9.93. The molecule has 0 unspecified atom stereocenters. The van der Waals surface area contributed by atoms with Gasteiger partial charge in [0.05, 0.1) is 19.4 Å². The molecule has 7 heteroatoms. The van der Waals surface area contributed by atoms with Crippen molar-refractivity contribution in [1.29, 1.82) is 0 Å². The number of carbonyl (C=O) groups is 1. The Morgan fingerprint density at radius 2 is 2.29 bits per heavy atom. The number of aromatic nitrogens is 3. The van der Waals surface area contributed by atoms with Gasteiger partial charge in [-0.05, 0) is 0 Å². The SMILES string of the molecule is Cn1nncc1NCCC(=O)N1CCOCC1. The second-order valence-corrected chi connectivity index (χ2v) is 3.91. The first-order valence-electron chi connectivity index (χ1n) is 5.71. The van der Waals surface area contributed by atoms with Crippen LogP contribution in [0, 0.1) is 0 Å². The molecule has 0 atom stereocenters. The zero-order chi connectivity index (χ0) is 12.1. The van der Waals surface area contributed by atoms with Crippen molar-refractivity contribution in [3.05, 3.63) is 6.20 Å². The van der Waals surface area contributed by atoms with E-state index in [0.29, 0.717) is 39.3 Å². The van der Waals surface area contributed by atoms with E-state index < -0.39 is 0 Å². The summed E-state index contributed by atoms with van der Waals surface area (Å²) >= 11 is 0. The van der Waals surface area contributed by atoms with Crippen molar-refractivity contribution in [1.82, 2.24) is 19.9 Å². The average molecular weight is 239 g/mol. The molecule has 1 aliphatic heterocycles. The normalized spacial score (nSPS) is 15.9. The molecule has 2 rings (SSSR count). The molecule has 1 saturated heterocycles. The van der Waals surface area contributed by atoms with Gasteiger partial charge < -0.3 is 15.0 Å². The van der Waals surface area contributed by atoms with E-state index in [2.05, 4.69) is 15.6 Å². The van der Waals surface area contributed by atoms with Gasteiger partial charge in [0.1, 0.15) is 5.82 Å². The van der Waals surface area contributed by atoms with Crippen molar-refractivity contribution in [3.63, 3.8) is 0 Å². The van der Waals surface area contributed by atoms with Crippen LogP contribution in [0.4, 0.5) is 5.82 Å². The number of ether oxygens (including phenoxy) is 1. The van der Waals surface area contributed by atoms with Crippen LogP contribution in [0.15, 0.2) is 6.20 Å². The Balaban J connectivity index is 1.71. The predicted molar refractivity (Wildman–Crippen MR) is 61.5 cm³/mol. The highest BCUT2D eigenvalue weighted by Gasteiger charge is 2.16. The van der Waals surface area contributed by atoms with Gasteiger partial charge in [0.2, 0.25) is 5.91 Å². The van der Waals surface area contributed by atoms with Crippen LogP contribution in [-0.4, -0.2) is 58.6 Å².